The van der Waals surface area contributed by atoms with Gasteiger partial charge < -0.3 is 5.11 Å². The van der Waals surface area contributed by atoms with Gasteiger partial charge in [-0.1, -0.05) is 32.9 Å². The maximum atomic E-state index is 12.6. The van der Waals surface area contributed by atoms with E-state index in [9.17, 15) is 18.3 Å². The van der Waals surface area contributed by atoms with E-state index in [1.54, 1.807) is 6.92 Å². The average molecular weight is 260 g/mol. The number of aliphatic hydroxyl groups is 1. The predicted octanol–water partition coefficient (Wildman–Crippen LogP) is 4.35. The first kappa shape index (κ1) is 15.0. The van der Waals surface area contributed by atoms with Crippen LogP contribution in [-0.4, -0.2) is 5.11 Å². The summed E-state index contributed by atoms with van der Waals surface area (Å²) in [4.78, 5) is 0. The number of benzene rings is 1. The summed E-state index contributed by atoms with van der Waals surface area (Å²) in [5.74, 6) is 0. The molecule has 0 saturated heterocycles. The summed E-state index contributed by atoms with van der Waals surface area (Å²) in [7, 11) is 0. The lowest BCUT2D eigenvalue weighted by Crippen LogP contribution is -2.28. The van der Waals surface area contributed by atoms with Crippen molar-refractivity contribution >= 4 is 0 Å². The van der Waals surface area contributed by atoms with Gasteiger partial charge in [0, 0.05) is 0 Å². The van der Waals surface area contributed by atoms with E-state index < -0.39 is 17.3 Å². The molecule has 1 rings (SSSR count). The van der Waals surface area contributed by atoms with Crippen molar-refractivity contribution in [2.45, 2.75) is 45.9 Å². The van der Waals surface area contributed by atoms with Crippen LogP contribution in [0.4, 0.5) is 13.2 Å². The Morgan fingerprint density at radius 3 is 1.94 bits per heavy atom. The van der Waals surface area contributed by atoms with Gasteiger partial charge in [-0.15, -0.1) is 0 Å². The summed E-state index contributed by atoms with van der Waals surface area (Å²) >= 11 is 0. The molecular weight excluding hydrogens is 241 g/mol. The molecule has 0 aliphatic rings. The molecule has 4 heteroatoms. The van der Waals surface area contributed by atoms with Gasteiger partial charge in [0.1, 0.15) is 0 Å². The molecule has 0 aliphatic carbocycles. The zero-order valence-corrected chi connectivity index (χ0v) is 11.1. The Labute approximate surface area is 106 Å². The minimum Gasteiger partial charge on any atom is -0.385 e. The largest absolute Gasteiger partial charge is 0.416 e. The normalized spacial score (nSPS) is 16.4. The second-order valence-electron chi connectivity index (χ2n) is 6.09. The van der Waals surface area contributed by atoms with Gasteiger partial charge in [0.2, 0.25) is 0 Å². The van der Waals surface area contributed by atoms with E-state index in [4.69, 9.17) is 0 Å². The van der Waals surface area contributed by atoms with Gasteiger partial charge in [0.25, 0.3) is 0 Å². The molecule has 0 bridgehead atoms. The van der Waals surface area contributed by atoms with Gasteiger partial charge in [-0.3, -0.25) is 0 Å². The fourth-order valence-corrected chi connectivity index (χ4v) is 2.17. The summed E-state index contributed by atoms with van der Waals surface area (Å²) in [5, 5.41) is 10.3. The van der Waals surface area contributed by atoms with Crippen molar-refractivity contribution in [2.75, 3.05) is 0 Å². The van der Waals surface area contributed by atoms with Crippen molar-refractivity contribution < 1.29 is 18.3 Å². The van der Waals surface area contributed by atoms with E-state index in [1.165, 1.54) is 12.1 Å². The van der Waals surface area contributed by atoms with Crippen molar-refractivity contribution in [3.63, 3.8) is 0 Å². The third kappa shape index (κ3) is 4.02. The third-order valence-corrected chi connectivity index (χ3v) is 2.69. The molecule has 1 aromatic rings. The Bertz CT molecular complexity index is 414. The van der Waals surface area contributed by atoms with E-state index in [-0.39, 0.29) is 5.41 Å². The summed E-state index contributed by atoms with van der Waals surface area (Å²) in [6.45, 7) is 7.37. The summed E-state index contributed by atoms with van der Waals surface area (Å²) in [6.07, 6.45) is -3.99. The molecule has 1 nitrogen and oxygen atoms in total. The molecule has 102 valence electrons. The standard InChI is InChI=1S/C14H19F3O/c1-12(2,3)9-13(4,18)10-6-5-7-11(8-10)14(15,16)17/h5-8,18H,9H2,1-4H3. The number of rotatable bonds is 2. The van der Waals surface area contributed by atoms with Crippen molar-refractivity contribution in [1.29, 1.82) is 0 Å². The Hall–Kier alpha value is -1.03. The summed E-state index contributed by atoms with van der Waals surface area (Å²) in [5.41, 5.74) is -1.86. The van der Waals surface area contributed by atoms with Crippen LogP contribution in [0, 0.1) is 5.41 Å². The highest BCUT2D eigenvalue weighted by atomic mass is 19.4. The maximum Gasteiger partial charge on any atom is 0.416 e. The van der Waals surface area contributed by atoms with Crippen LogP contribution in [0.2, 0.25) is 0 Å². The SMILES string of the molecule is CC(C)(C)CC(C)(O)c1cccc(C(F)(F)F)c1. The molecule has 0 spiro atoms. The lowest BCUT2D eigenvalue weighted by Gasteiger charge is -2.31. The molecule has 1 aromatic carbocycles. The lowest BCUT2D eigenvalue weighted by molar-refractivity contribution is -0.137. The highest BCUT2D eigenvalue weighted by Gasteiger charge is 2.34. The highest BCUT2D eigenvalue weighted by Crippen LogP contribution is 2.37. The molecule has 0 aromatic heterocycles. The van der Waals surface area contributed by atoms with Crippen molar-refractivity contribution in [1.82, 2.24) is 0 Å². The zero-order chi connectivity index (χ0) is 14.2. The second-order valence-corrected chi connectivity index (χ2v) is 6.09. The monoisotopic (exact) mass is 260 g/mol. The first-order valence-corrected chi connectivity index (χ1v) is 5.82. The minimum atomic E-state index is -4.38. The molecular formula is C14H19F3O. The molecule has 0 aliphatic heterocycles. The van der Waals surface area contributed by atoms with Crippen molar-refractivity contribution in [3.05, 3.63) is 35.4 Å². The first-order chi connectivity index (χ1) is 7.92. The van der Waals surface area contributed by atoms with Crippen LogP contribution in [0.1, 0.15) is 45.2 Å². The quantitative estimate of drug-likeness (QED) is 0.838. The van der Waals surface area contributed by atoms with Gasteiger partial charge >= 0.3 is 6.18 Å². The molecule has 0 saturated carbocycles. The fourth-order valence-electron chi connectivity index (χ4n) is 2.17. The van der Waals surface area contributed by atoms with E-state index >= 15 is 0 Å². The van der Waals surface area contributed by atoms with Crippen LogP contribution in [0.5, 0.6) is 0 Å². The van der Waals surface area contributed by atoms with E-state index in [2.05, 4.69) is 0 Å². The second kappa shape index (κ2) is 4.57. The Morgan fingerprint density at radius 2 is 1.50 bits per heavy atom. The van der Waals surface area contributed by atoms with Gasteiger partial charge in [-0.2, -0.15) is 13.2 Å². The number of alkyl halides is 3. The summed E-state index contributed by atoms with van der Waals surface area (Å²) < 4.78 is 37.8. The van der Waals surface area contributed by atoms with Crippen LogP contribution < -0.4 is 0 Å². The van der Waals surface area contributed by atoms with Gasteiger partial charge in [0.15, 0.2) is 0 Å². The Balaban J connectivity index is 3.10. The van der Waals surface area contributed by atoms with Gasteiger partial charge in [0.05, 0.1) is 11.2 Å². The van der Waals surface area contributed by atoms with Crippen LogP contribution in [0.3, 0.4) is 0 Å². The first-order valence-electron chi connectivity index (χ1n) is 5.82. The molecule has 1 unspecified atom stereocenters. The summed E-state index contributed by atoms with van der Waals surface area (Å²) in [6, 6.07) is 4.89. The van der Waals surface area contributed by atoms with Gasteiger partial charge in [-0.25, -0.2) is 0 Å². The van der Waals surface area contributed by atoms with E-state index in [0.717, 1.165) is 12.1 Å². The van der Waals surface area contributed by atoms with Crippen LogP contribution >= 0.6 is 0 Å². The number of hydrogen-bond acceptors (Lipinski definition) is 1. The van der Waals surface area contributed by atoms with Crippen LogP contribution in [0.15, 0.2) is 24.3 Å². The van der Waals surface area contributed by atoms with Gasteiger partial charge in [-0.05, 0) is 36.5 Å². The average Bonchev–Trinajstić information content (AvgIpc) is 2.13. The van der Waals surface area contributed by atoms with Crippen molar-refractivity contribution in [2.24, 2.45) is 5.41 Å². The van der Waals surface area contributed by atoms with E-state index in [1.807, 2.05) is 20.8 Å². The molecule has 18 heavy (non-hydrogen) atoms. The topological polar surface area (TPSA) is 20.2 Å². The lowest BCUT2D eigenvalue weighted by atomic mass is 9.79. The fraction of sp³-hybridized carbons (Fsp3) is 0.571. The number of halogens is 3. The third-order valence-electron chi connectivity index (χ3n) is 2.69. The molecule has 1 atom stereocenters. The van der Waals surface area contributed by atoms with E-state index in [0.29, 0.717) is 12.0 Å². The Morgan fingerprint density at radius 1 is 1.00 bits per heavy atom. The van der Waals surface area contributed by atoms with Crippen LogP contribution in [0.25, 0.3) is 0 Å². The molecule has 0 heterocycles. The predicted molar refractivity (Wildman–Crippen MR) is 65.1 cm³/mol. The molecule has 1 N–H and O–H groups in total. The highest BCUT2D eigenvalue weighted by molar-refractivity contribution is 5.29. The van der Waals surface area contributed by atoms with Crippen LogP contribution in [-0.2, 0) is 11.8 Å². The molecule has 0 radical (unpaired) electrons. The Kier molecular flexibility index (Phi) is 3.82. The van der Waals surface area contributed by atoms with Crippen molar-refractivity contribution in [3.8, 4) is 0 Å². The molecule has 0 fully saturated rings. The molecule has 0 amide bonds. The number of hydrogen-bond donors (Lipinski definition) is 1. The zero-order valence-electron chi connectivity index (χ0n) is 11.1. The minimum absolute atomic E-state index is 0.169. The smallest absolute Gasteiger partial charge is 0.385 e. The maximum absolute atomic E-state index is 12.6.